The Bertz CT molecular complexity index is 1200. The molecule has 464 valence electrons. The third kappa shape index (κ3) is 188. The van der Waals surface area contributed by atoms with Crippen molar-refractivity contribution in [3.63, 3.8) is 0 Å². The quantitative estimate of drug-likeness (QED) is 0.0414. The molecule has 0 rings (SSSR count). The van der Waals surface area contributed by atoms with Crippen molar-refractivity contribution in [3.05, 3.63) is 0 Å². The molecule has 0 heterocycles. The Kier molecular flexibility index (Phi) is 60.6. The summed E-state index contributed by atoms with van der Waals surface area (Å²) < 4.78 is 50.0. The minimum Gasteiger partial charge on any atom is -0.822 e. The first-order chi connectivity index (χ1) is 31.9. The van der Waals surface area contributed by atoms with Gasteiger partial charge in [0.2, 0.25) is 0 Å². The van der Waals surface area contributed by atoms with Crippen molar-refractivity contribution < 1.29 is 143 Å². The average Bonchev–Trinajstić information content (AvgIpc) is 2.99. The predicted molar refractivity (Wildman–Crippen MR) is 272 cm³/mol. The van der Waals surface area contributed by atoms with Gasteiger partial charge in [-0.05, 0) is 0 Å². The van der Waals surface area contributed by atoms with Crippen molar-refractivity contribution in [1.82, 2.24) is 0 Å². The Hall–Kier alpha value is -0.120. The Labute approximate surface area is 447 Å². The lowest BCUT2D eigenvalue weighted by atomic mass is 10.5. The van der Waals surface area contributed by atoms with Crippen LogP contribution in [0.25, 0.3) is 0 Å². The largest absolute Gasteiger partial charge is 0.822 e. The van der Waals surface area contributed by atoms with Gasteiger partial charge in [-0.25, -0.2) is 0 Å². The van der Waals surface area contributed by atoms with Gasteiger partial charge in [0, 0.05) is 0 Å². The van der Waals surface area contributed by atoms with Gasteiger partial charge in [-0.15, -0.1) is 0 Å². The van der Waals surface area contributed by atoms with E-state index < -0.39 is 31.3 Å². The Morgan fingerprint density at radius 2 is 0.338 bits per heavy atom. The molecule has 0 spiro atoms. The van der Waals surface area contributed by atoms with E-state index in [0.717, 1.165) is 88.2 Å². The molecule has 0 aliphatic rings. The lowest BCUT2D eigenvalue weighted by Crippen LogP contribution is -2.36. The van der Waals surface area contributed by atoms with Crippen LogP contribution >= 0.6 is 31.3 Å². The van der Waals surface area contributed by atoms with Gasteiger partial charge in [-0.3, -0.25) is 13.2 Å². The number of aliphatic hydroxyl groups is 8. The van der Waals surface area contributed by atoms with Crippen LogP contribution in [0, 0.1) is 0 Å². The second kappa shape index (κ2) is 46.6. The zero-order valence-corrected chi connectivity index (χ0v) is 53.6. The number of nitrogens with zero attached hydrogens (tertiary/aromatic N) is 8. The van der Waals surface area contributed by atoms with E-state index in [1.54, 1.807) is 0 Å². The van der Waals surface area contributed by atoms with Crippen molar-refractivity contribution in [2.24, 2.45) is 0 Å². The number of aliphatic hydroxyl groups excluding tert-OH is 8. The molecule has 30 nitrogen and oxygen atoms in total. The predicted octanol–water partition coefficient (Wildman–Crippen LogP) is -9.20. The number of quaternary nitrogens is 8. The van der Waals surface area contributed by atoms with E-state index in [1.807, 2.05) is 0 Å². The molecule has 0 radical (unpaired) electrons. The second-order valence-electron chi connectivity index (χ2n) is 23.9. The van der Waals surface area contributed by atoms with Crippen LogP contribution in [-0.2, 0) is 26.9 Å². The Morgan fingerprint density at radius 3 is 0.365 bits per heavy atom. The highest BCUT2D eigenvalue weighted by Crippen LogP contribution is 2.57. The van der Waals surface area contributed by atoms with E-state index in [-0.39, 0.29) is 52.9 Å². The number of hydrogen-bond donors (Lipinski definition) is 8. The second-order valence-corrected chi connectivity index (χ2v) is 28.7. The van der Waals surface area contributed by atoms with Crippen LogP contribution in [0.4, 0.5) is 0 Å². The molecule has 0 aromatic carbocycles. The summed E-state index contributed by atoms with van der Waals surface area (Å²) in [6, 6.07) is 0. The summed E-state index contributed by atoms with van der Waals surface area (Å²) in [7, 11) is 25.9. The summed E-state index contributed by atoms with van der Waals surface area (Å²) in [5, 5.41) is 67.1. The maximum absolute atomic E-state index is 10.1. The number of likely N-dealkylation sites (N-methyl/N-ethyl adjacent to an activating group) is 8. The van der Waals surface area contributed by atoms with E-state index in [1.165, 1.54) is 0 Å². The fraction of sp³-hybridized carbons (Fsp3) is 1.00. The molecule has 74 heavy (non-hydrogen) atoms. The van der Waals surface area contributed by atoms with Crippen LogP contribution in [0.1, 0.15) is 0 Å². The molecule has 0 aliphatic heterocycles. The molecule has 34 heteroatoms. The van der Waals surface area contributed by atoms with Gasteiger partial charge in [-0.2, -0.15) is 7.82 Å². The van der Waals surface area contributed by atoms with Crippen molar-refractivity contribution in [2.45, 2.75) is 0 Å². The summed E-state index contributed by atoms with van der Waals surface area (Å²) >= 11 is 0. The van der Waals surface area contributed by atoms with E-state index >= 15 is 0 Å². The molecular weight excluding hydrogens is 1070 g/mol. The highest BCUT2D eigenvalue weighted by atomic mass is 31.3. The lowest BCUT2D eigenvalue weighted by molar-refractivity contribution is -0.870. The van der Waals surface area contributed by atoms with E-state index in [0.29, 0.717) is 0 Å². The first-order valence-corrected chi connectivity index (χ1v) is 28.6. The van der Waals surface area contributed by atoms with Crippen molar-refractivity contribution in [2.75, 3.05) is 274 Å². The highest BCUT2D eigenvalue weighted by molar-refractivity contribution is 7.64. The summed E-state index contributed by atoms with van der Waals surface area (Å²) in [6.07, 6.45) is 0. The van der Waals surface area contributed by atoms with E-state index in [9.17, 15) is 38.2 Å². The van der Waals surface area contributed by atoms with Gasteiger partial charge in [0.05, 0.1) is 238 Å². The van der Waals surface area contributed by atoms with Crippen LogP contribution in [-0.4, -0.2) is 351 Å². The topological polar surface area (TPSA) is 433 Å². The smallest absolute Gasteiger partial charge is 0.275 e. The molecule has 0 unspecified atom stereocenters. The number of phosphoric acid groups is 4. The summed E-state index contributed by atoms with van der Waals surface area (Å²) in [5.41, 5.74) is 0. The van der Waals surface area contributed by atoms with Crippen molar-refractivity contribution in [3.8, 4) is 0 Å². The molecule has 0 atom stereocenters. The lowest BCUT2D eigenvalue weighted by Gasteiger charge is -2.40. The molecular formula is C40H112N8O22P4. The van der Waals surface area contributed by atoms with Crippen molar-refractivity contribution in [1.29, 1.82) is 0 Å². The van der Waals surface area contributed by atoms with Gasteiger partial charge in [0.1, 0.15) is 52.4 Å². The molecule has 0 aromatic rings. The Morgan fingerprint density at radius 1 is 0.257 bits per heavy atom. The third-order valence-electron chi connectivity index (χ3n) is 6.57. The average molecular weight is 1180 g/mol. The maximum atomic E-state index is 10.1. The summed E-state index contributed by atoms with van der Waals surface area (Å²) in [4.78, 5) is 74.3. The summed E-state index contributed by atoms with van der Waals surface area (Å²) in [5.74, 6) is 0. The summed E-state index contributed by atoms with van der Waals surface area (Å²) in [6.45, 7) is 8.92. The highest BCUT2D eigenvalue weighted by Gasteiger charge is 2.13. The number of hydrogen-bond acceptors (Lipinski definition) is 22. The van der Waals surface area contributed by atoms with Crippen LogP contribution in [0.2, 0.25) is 0 Å². The molecule has 0 aliphatic carbocycles. The van der Waals surface area contributed by atoms with Gasteiger partial charge in [-0.1, -0.05) is 0 Å². The molecule has 0 amide bonds. The zero-order chi connectivity index (χ0) is 62.7. The molecule has 0 bridgehead atoms. The fourth-order valence-electron chi connectivity index (χ4n) is 2.66. The van der Waals surface area contributed by atoms with Crippen LogP contribution < -0.4 is 39.1 Å². The molecule has 8 N–H and O–H groups in total. The van der Waals surface area contributed by atoms with Gasteiger partial charge >= 0.3 is 0 Å². The first-order valence-electron chi connectivity index (χ1n) is 22.7. The van der Waals surface area contributed by atoms with Crippen LogP contribution in [0.3, 0.4) is 0 Å². The minimum absolute atomic E-state index is 0.281. The number of rotatable bonds is 20. The standard InChI is InChI=1S/8C5H14NO.H5O10P3.H3O4P/c8*1-6(2,3)4-5-7;1-11(2,3)9-13(7,8)10-12(4,5)6;1-5(2,3)4/h8*7H,4-5H2,1-3H3;(H,7,8)(H2,1,2,3)(H2,4,5,6);(H3,1,2,3,4)/q8*+1;;/p-8. The van der Waals surface area contributed by atoms with Gasteiger partial charge in [0.15, 0.2) is 0 Å². The molecule has 0 saturated carbocycles. The normalized spacial score (nSPS) is 12.4. The van der Waals surface area contributed by atoms with Gasteiger partial charge in [0.25, 0.3) is 7.82 Å². The first kappa shape index (κ1) is 96.2. The van der Waals surface area contributed by atoms with Crippen LogP contribution in [0.15, 0.2) is 0 Å². The SMILES string of the molecule is C[N+](C)(C)CCO.C[N+](C)(C)CCO.C[N+](C)(C)CCO.C[N+](C)(C)CCO.C[N+](C)(C)CCO.C[N+](C)(C)CCO.C[N+](C)(C)CCO.C[N+](C)(C)CCO.O=P([O-])([O-])OP(=O)([O-])OP(=O)([O-])[O-].O=P([O-])([O-])[O-]. The van der Waals surface area contributed by atoms with Gasteiger partial charge < -0.3 is 130 Å². The Balaban J connectivity index is -0.0000000777. The van der Waals surface area contributed by atoms with E-state index in [2.05, 4.69) is 178 Å². The fourth-order valence-corrected chi connectivity index (χ4v) is 5.01. The molecule has 0 aromatic heterocycles. The third-order valence-corrected chi connectivity index (χ3v) is 9.77. The zero-order valence-electron chi connectivity index (χ0n) is 50.0. The van der Waals surface area contributed by atoms with Crippen LogP contribution in [0.5, 0.6) is 0 Å². The minimum atomic E-state index is -5.97. The molecule has 0 fully saturated rings. The monoisotopic (exact) mass is 1180 g/mol. The molecule has 0 saturated heterocycles. The maximum Gasteiger partial charge on any atom is 0.275 e. The van der Waals surface area contributed by atoms with Crippen molar-refractivity contribution >= 4 is 31.3 Å². The van der Waals surface area contributed by atoms with E-state index in [4.69, 9.17) is 60.1 Å².